The SMILES string of the molecule is OC(c1nc2ccccc2[nH]1)c1ccccc1Cl. The lowest BCUT2D eigenvalue weighted by Crippen LogP contribution is -2.02. The van der Waals surface area contributed by atoms with E-state index in [9.17, 15) is 5.11 Å². The number of benzene rings is 2. The highest BCUT2D eigenvalue weighted by molar-refractivity contribution is 6.31. The first-order valence-electron chi connectivity index (χ1n) is 5.63. The van der Waals surface area contributed by atoms with Gasteiger partial charge < -0.3 is 10.1 Å². The Morgan fingerprint density at radius 2 is 1.78 bits per heavy atom. The molecule has 0 saturated heterocycles. The second kappa shape index (κ2) is 4.44. The molecule has 0 fully saturated rings. The number of hydrogen-bond acceptors (Lipinski definition) is 2. The third-order valence-electron chi connectivity index (χ3n) is 2.87. The average Bonchev–Trinajstić information content (AvgIpc) is 2.82. The summed E-state index contributed by atoms with van der Waals surface area (Å²) in [5.41, 5.74) is 2.38. The Morgan fingerprint density at radius 1 is 1.06 bits per heavy atom. The zero-order chi connectivity index (χ0) is 12.5. The van der Waals surface area contributed by atoms with Crippen molar-refractivity contribution >= 4 is 22.6 Å². The van der Waals surface area contributed by atoms with Crippen LogP contribution in [-0.4, -0.2) is 15.1 Å². The minimum atomic E-state index is -0.842. The number of para-hydroxylation sites is 2. The van der Waals surface area contributed by atoms with Crippen LogP contribution in [0.3, 0.4) is 0 Å². The zero-order valence-corrected chi connectivity index (χ0v) is 10.2. The monoisotopic (exact) mass is 258 g/mol. The summed E-state index contributed by atoms with van der Waals surface area (Å²) >= 11 is 6.07. The third kappa shape index (κ3) is 1.88. The Hall–Kier alpha value is -1.84. The van der Waals surface area contributed by atoms with Crippen molar-refractivity contribution in [1.82, 2.24) is 9.97 Å². The van der Waals surface area contributed by atoms with Gasteiger partial charge in [-0.05, 0) is 18.2 Å². The molecular weight excluding hydrogens is 248 g/mol. The van der Waals surface area contributed by atoms with E-state index in [0.29, 0.717) is 16.4 Å². The van der Waals surface area contributed by atoms with E-state index in [0.717, 1.165) is 11.0 Å². The summed E-state index contributed by atoms with van der Waals surface area (Å²) in [5, 5.41) is 10.8. The van der Waals surface area contributed by atoms with Crippen molar-refractivity contribution in [2.45, 2.75) is 6.10 Å². The van der Waals surface area contributed by atoms with Gasteiger partial charge in [0.05, 0.1) is 11.0 Å². The smallest absolute Gasteiger partial charge is 0.140 e. The van der Waals surface area contributed by atoms with Crippen LogP contribution in [0.15, 0.2) is 48.5 Å². The Kier molecular flexibility index (Phi) is 2.78. The summed E-state index contributed by atoms with van der Waals surface area (Å²) in [6, 6.07) is 14.9. The van der Waals surface area contributed by atoms with E-state index >= 15 is 0 Å². The van der Waals surface area contributed by atoms with E-state index in [1.165, 1.54) is 0 Å². The van der Waals surface area contributed by atoms with Gasteiger partial charge in [-0.15, -0.1) is 0 Å². The van der Waals surface area contributed by atoms with Crippen molar-refractivity contribution < 1.29 is 5.11 Å². The molecule has 3 nitrogen and oxygen atoms in total. The summed E-state index contributed by atoms with van der Waals surface area (Å²) in [4.78, 5) is 7.47. The van der Waals surface area contributed by atoms with Crippen molar-refractivity contribution in [3.05, 3.63) is 64.9 Å². The van der Waals surface area contributed by atoms with Crippen LogP contribution in [-0.2, 0) is 0 Å². The summed E-state index contributed by atoms with van der Waals surface area (Å²) in [7, 11) is 0. The molecule has 18 heavy (non-hydrogen) atoms. The molecule has 0 radical (unpaired) electrons. The van der Waals surface area contributed by atoms with Crippen LogP contribution < -0.4 is 0 Å². The molecule has 0 aliphatic heterocycles. The van der Waals surface area contributed by atoms with Gasteiger partial charge in [0, 0.05) is 10.6 Å². The predicted molar refractivity (Wildman–Crippen MR) is 71.6 cm³/mol. The maximum absolute atomic E-state index is 10.3. The van der Waals surface area contributed by atoms with Crippen molar-refractivity contribution in [3.63, 3.8) is 0 Å². The Balaban J connectivity index is 2.07. The fraction of sp³-hybridized carbons (Fsp3) is 0.0714. The van der Waals surface area contributed by atoms with E-state index in [4.69, 9.17) is 11.6 Å². The van der Waals surface area contributed by atoms with Gasteiger partial charge in [-0.25, -0.2) is 4.98 Å². The molecule has 1 unspecified atom stereocenters. The molecule has 0 saturated carbocycles. The molecule has 3 rings (SSSR count). The number of aliphatic hydroxyl groups is 1. The van der Waals surface area contributed by atoms with E-state index < -0.39 is 6.10 Å². The highest BCUT2D eigenvalue weighted by Gasteiger charge is 2.17. The molecule has 1 aromatic heterocycles. The maximum atomic E-state index is 10.3. The second-order valence-corrected chi connectivity index (χ2v) is 4.47. The molecule has 2 N–H and O–H groups in total. The number of imidazole rings is 1. The van der Waals surface area contributed by atoms with Crippen LogP contribution in [0.2, 0.25) is 5.02 Å². The van der Waals surface area contributed by atoms with Crippen molar-refractivity contribution in [2.75, 3.05) is 0 Å². The third-order valence-corrected chi connectivity index (χ3v) is 3.21. The number of halogens is 1. The summed E-state index contributed by atoms with van der Waals surface area (Å²) in [5.74, 6) is 0.504. The molecule has 90 valence electrons. The number of aromatic amines is 1. The molecule has 0 bridgehead atoms. The van der Waals surface area contributed by atoms with Crippen molar-refractivity contribution in [3.8, 4) is 0 Å². The second-order valence-electron chi connectivity index (χ2n) is 4.06. The molecule has 2 aromatic carbocycles. The molecule has 0 aliphatic rings. The first-order chi connectivity index (χ1) is 8.75. The van der Waals surface area contributed by atoms with Crippen LogP contribution in [0.4, 0.5) is 0 Å². The van der Waals surface area contributed by atoms with Gasteiger partial charge in [0.25, 0.3) is 0 Å². The highest BCUT2D eigenvalue weighted by Crippen LogP contribution is 2.27. The number of H-pyrrole nitrogens is 1. The van der Waals surface area contributed by atoms with Gasteiger partial charge in [-0.3, -0.25) is 0 Å². The average molecular weight is 259 g/mol. The van der Waals surface area contributed by atoms with Crippen LogP contribution in [0.1, 0.15) is 17.5 Å². The summed E-state index contributed by atoms with van der Waals surface area (Å²) in [6.07, 6.45) is -0.842. The molecule has 1 heterocycles. The zero-order valence-electron chi connectivity index (χ0n) is 9.47. The molecule has 0 aliphatic carbocycles. The number of aliphatic hydroxyl groups excluding tert-OH is 1. The van der Waals surface area contributed by atoms with Crippen LogP contribution in [0.5, 0.6) is 0 Å². The maximum Gasteiger partial charge on any atom is 0.140 e. The quantitative estimate of drug-likeness (QED) is 0.741. The number of fused-ring (bicyclic) bond motifs is 1. The number of rotatable bonds is 2. The van der Waals surface area contributed by atoms with Crippen molar-refractivity contribution in [1.29, 1.82) is 0 Å². The van der Waals surface area contributed by atoms with E-state index in [-0.39, 0.29) is 0 Å². The van der Waals surface area contributed by atoms with E-state index in [2.05, 4.69) is 9.97 Å². The Morgan fingerprint density at radius 3 is 2.56 bits per heavy atom. The highest BCUT2D eigenvalue weighted by atomic mass is 35.5. The summed E-state index contributed by atoms with van der Waals surface area (Å²) < 4.78 is 0. The van der Waals surface area contributed by atoms with Crippen LogP contribution in [0.25, 0.3) is 11.0 Å². The van der Waals surface area contributed by atoms with Crippen LogP contribution in [0, 0.1) is 0 Å². The van der Waals surface area contributed by atoms with Crippen LogP contribution >= 0.6 is 11.6 Å². The largest absolute Gasteiger partial charge is 0.380 e. The van der Waals surface area contributed by atoms with Gasteiger partial charge in [0.2, 0.25) is 0 Å². The van der Waals surface area contributed by atoms with Gasteiger partial charge in [0.15, 0.2) is 0 Å². The predicted octanol–water partition coefficient (Wildman–Crippen LogP) is 3.30. The molecule has 0 spiro atoms. The lowest BCUT2D eigenvalue weighted by molar-refractivity contribution is 0.211. The Labute approximate surface area is 109 Å². The normalized spacial score (nSPS) is 12.8. The van der Waals surface area contributed by atoms with Gasteiger partial charge in [-0.2, -0.15) is 0 Å². The first kappa shape index (κ1) is 11.3. The minimum Gasteiger partial charge on any atom is -0.380 e. The topological polar surface area (TPSA) is 48.9 Å². The first-order valence-corrected chi connectivity index (χ1v) is 6.00. The number of nitrogens with one attached hydrogen (secondary N) is 1. The van der Waals surface area contributed by atoms with Gasteiger partial charge in [-0.1, -0.05) is 41.9 Å². The number of nitrogens with zero attached hydrogens (tertiary/aromatic N) is 1. The number of hydrogen-bond donors (Lipinski definition) is 2. The van der Waals surface area contributed by atoms with Crippen molar-refractivity contribution in [2.24, 2.45) is 0 Å². The fourth-order valence-corrected chi connectivity index (χ4v) is 2.19. The van der Waals surface area contributed by atoms with E-state index in [1.54, 1.807) is 12.1 Å². The van der Waals surface area contributed by atoms with E-state index in [1.807, 2.05) is 36.4 Å². The number of aromatic nitrogens is 2. The summed E-state index contributed by atoms with van der Waals surface area (Å²) in [6.45, 7) is 0. The minimum absolute atomic E-state index is 0.504. The lowest BCUT2D eigenvalue weighted by atomic mass is 10.1. The molecular formula is C14H11ClN2O. The lowest BCUT2D eigenvalue weighted by Gasteiger charge is -2.09. The molecule has 1 atom stereocenters. The molecule has 3 aromatic rings. The molecule has 4 heteroatoms. The van der Waals surface area contributed by atoms with Gasteiger partial charge >= 0.3 is 0 Å². The Bertz CT molecular complexity index is 660. The standard InChI is InChI=1S/C14H11ClN2O/c15-10-6-2-1-5-9(10)13(18)14-16-11-7-3-4-8-12(11)17-14/h1-8,13,18H,(H,16,17). The fourth-order valence-electron chi connectivity index (χ4n) is 1.95. The van der Waals surface area contributed by atoms with Gasteiger partial charge in [0.1, 0.15) is 11.9 Å². The molecule has 0 amide bonds.